The van der Waals surface area contributed by atoms with Crippen LogP contribution in [-0.2, 0) is 9.59 Å². The molecule has 1 aromatic rings. The highest BCUT2D eigenvalue weighted by Gasteiger charge is 2.16. The van der Waals surface area contributed by atoms with E-state index in [0.29, 0.717) is 11.7 Å². The molecule has 0 bridgehead atoms. The number of aromatic amines is 1. The third kappa shape index (κ3) is 5.71. The van der Waals surface area contributed by atoms with E-state index in [4.69, 9.17) is 0 Å². The number of anilines is 2. The first-order valence-corrected chi connectivity index (χ1v) is 7.91. The highest BCUT2D eigenvalue weighted by molar-refractivity contribution is 5.92. The molecule has 1 amide bonds. The Labute approximate surface area is 130 Å². The van der Waals surface area contributed by atoms with Crippen molar-refractivity contribution in [3.8, 4) is 0 Å². The Bertz CT molecular complexity index is 494. The number of rotatable bonds is 6. The number of carboxylic acids is 1. The smallest absolute Gasteiger partial charge is 0.272 e. The fourth-order valence-electron chi connectivity index (χ4n) is 2.68. The molecule has 3 N–H and O–H groups in total. The van der Waals surface area contributed by atoms with Crippen LogP contribution in [0.15, 0.2) is 18.3 Å². The van der Waals surface area contributed by atoms with Crippen LogP contribution in [0.1, 0.15) is 51.4 Å². The van der Waals surface area contributed by atoms with Crippen LogP contribution in [0.4, 0.5) is 11.5 Å². The van der Waals surface area contributed by atoms with E-state index in [1.807, 2.05) is 6.07 Å². The molecule has 0 saturated heterocycles. The first kappa shape index (κ1) is 16.3. The first-order chi connectivity index (χ1) is 10.6. The number of nitrogens with one attached hydrogen (secondary N) is 3. The van der Waals surface area contributed by atoms with Crippen LogP contribution in [0.25, 0.3) is 0 Å². The largest absolute Gasteiger partial charge is 0.550 e. The van der Waals surface area contributed by atoms with Crippen LogP contribution in [-0.4, -0.2) is 17.9 Å². The van der Waals surface area contributed by atoms with Crippen LogP contribution in [0.2, 0.25) is 0 Å². The van der Waals surface area contributed by atoms with E-state index in [2.05, 4.69) is 15.6 Å². The Morgan fingerprint density at radius 1 is 1.14 bits per heavy atom. The molecule has 1 heterocycles. The van der Waals surface area contributed by atoms with Gasteiger partial charge in [-0.1, -0.05) is 12.8 Å². The lowest BCUT2D eigenvalue weighted by molar-refractivity contribution is -0.360. The molecule has 6 nitrogen and oxygen atoms in total. The van der Waals surface area contributed by atoms with Crippen molar-refractivity contribution in [3.05, 3.63) is 18.3 Å². The molecule has 6 heteroatoms. The lowest BCUT2D eigenvalue weighted by Gasteiger charge is -2.11. The van der Waals surface area contributed by atoms with E-state index >= 15 is 0 Å². The van der Waals surface area contributed by atoms with Crippen LogP contribution < -0.4 is 20.7 Å². The van der Waals surface area contributed by atoms with E-state index in [0.717, 1.165) is 5.82 Å². The van der Waals surface area contributed by atoms with Crippen LogP contribution in [0.3, 0.4) is 0 Å². The number of amides is 1. The number of aliphatic carboxylic acids is 1. The van der Waals surface area contributed by atoms with Crippen molar-refractivity contribution in [3.63, 3.8) is 0 Å². The maximum atomic E-state index is 11.5. The van der Waals surface area contributed by atoms with E-state index < -0.39 is 5.97 Å². The Kier molecular flexibility index (Phi) is 6.18. The Morgan fingerprint density at radius 3 is 2.45 bits per heavy atom. The SMILES string of the molecule is O=C([O-])CCC(=O)Nc1ccc(NC2CCCCCC2)[nH+]c1. The standard InChI is InChI=1S/C16H23N3O3/c20-15(9-10-16(21)22)19-13-7-8-14(17-11-13)18-12-5-3-1-2-4-6-12/h7-8,11-12H,1-6,9-10H2,(H,17,18)(H,19,20)(H,21,22). The monoisotopic (exact) mass is 305 g/mol. The van der Waals surface area contributed by atoms with E-state index in [1.54, 1.807) is 12.3 Å². The lowest BCUT2D eigenvalue weighted by Crippen LogP contribution is -2.25. The van der Waals surface area contributed by atoms with Gasteiger partial charge in [-0.15, -0.1) is 0 Å². The van der Waals surface area contributed by atoms with Crippen molar-refractivity contribution < 1.29 is 19.7 Å². The maximum Gasteiger partial charge on any atom is 0.272 e. The van der Waals surface area contributed by atoms with Crippen molar-refractivity contribution >= 4 is 23.4 Å². The molecule has 0 unspecified atom stereocenters. The second kappa shape index (κ2) is 8.36. The van der Waals surface area contributed by atoms with Crippen LogP contribution in [0.5, 0.6) is 0 Å². The zero-order chi connectivity index (χ0) is 15.8. The van der Waals surface area contributed by atoms with Gasteiger partial charge in [0.05, 0.1) is 11.7 Å². The van der Waals surface area contributed by atoms with Gasteiger partial charge in [-0.2, -0.15) is 0 Å². The molecule has 22 heavy (non-hydrogen) atoms. The number of hydrogen-bond donors (Lipinski definition) is 2. The minimum atomic E-state index is -1.22. The van der Waals surface area contributed by atoms with Gasteiger partial charge in [-0.3, -0.25) is 10.1 Å². The summed E-state index contributed by atoms with van der Waals surface area (Å²) < 4.78 is 0. The molecule has 0 radical (unpaired) electrons. The molecule has 1 saturated carbocycles. The molecule has 1 aromatic heterocycles. The molecule has 0 spiro atoms. The molecule has 0 atom stereocenters. The number of H-pyrrole nitrogens is 1. The summed E-state index contributed by atoms with van der Waals surface area (Å²) in [6.45, 7) is 0. The topological polar surface area (TPSA) is 95.4 Å². The summed E-state index contributed by atoms with van der Waals surface area (Å²) in [6.07, 6.45) is 8.91. The van der Waals surface area contributed by atoms with Crippen molar-refractivity contribution in [2.45, 2.75) is 57.4 Å². The summed E-state index contributed by atoms with van der Waals surface area (Å²) in [4.78, 5) is 25.0. The third-order valence-corrected chi connectivity index (χ3v) is 3.87. The zero-order valence-electron chi connectivity index (χ0n) is 12.7. The number of carbonyl (C=O) groups excluding carboxylic acids is 2. The minimum Gasteiger partial charge on any atom is -0.550 e. The van der Waals surface area contributed by atoms with Crippen molar-refractivity contribution in [2.24, 2.45) is 0 Å². The molecule has 120 valence electrons. The molecular weight excluding hydrogens is 282 g/mol. The second-order valence-electron chi connectivity index (χ2n) is 5.74. The molecule has 1 aliphatic rings. The summed E-state index contributed by atoms with van der Waals surface area (Å²) in [7, 11) is 0. The Balaban J connectivity index is 1.81. The predicted octanol–water partition coefficient (Wildman–Crippen LogP) is 1.10. The summed E-state index contributed by atoms with van der Waals surface area (Å²) >= 11 is 0. The van der Waals surface area contributed by atoms with Crippen LogP contribution >= 0.6 is 0 Å². The second-order valence-corrected chi connectivity index (χ2v) is 5.74. The van der Waals surface area contributed by atoms with Gasteiger partial charge in [-0.25, -0.2) is 4.98 Å². The number of carboxylic acid groups (broad SMARTS) is 1. The Hall–Kier alpha value is -2.11. The summed E-state index contributed by atoms with van der Waals surface area (Å²) in [5.41, 5.74) is 0.620. The highest BCUT2D eigenvalue weighted by atomic mass is 16.4. The molecule has 2 rings (SSSR count). The van der Waals surface area contributed by atoms with Gasteiger partial charge < -0.3 is 15.2 Å². The van der Waals surface area contributed by atoms with E-state index in [-0.39, 0.29) is 18.7 Å². The number of aromatic nitrogens is 1. The van der Waals surface area contributed by atoms with Crippen molar-refractivity contribution in [1.82, 2.24) is 0 Å². The molecule has 0 aromatic carbocycles. The summed E-state index contributed by atoms with van der Waals surface area (Å²) in [5.74, 6) is -0.619. The third-order valence-electron chi connectivity index (χ3n) is 3.87. The van der Waals surface area contributed by atoms with Gasteiger partial charge in [0.2, 0.25) is 5.91 Å². The molecule has 0 aliphatic heterocycles. The van der Waals surface area contributed by atoms with Crippen molar-refractivity contribution in [1.29, 1.82) is 0 Å². The zero-order valence-corrected chi connectivity index (χ0v) is 12.7. The van der Waals surface area contributed by atoms with Gasteiger partial charge in [0, 0.05) is 18.5 Å². The van der Waals surface area contributed by atoms with E-state index in [1.165, 1.54) is 38.5 Å². The number of pyridine rings is 1. The molecule has 1 fully saturated rings. The summed E-state index contributed by atoms with van der Waals surface area (Å²) in [5, 5.41) is 16.4. The average Bonchev–Trinajstić information content (AvgIpc) is 2.76. The fourth-order valence-corrected chi connectivity index (χ4v) is 2.68. The maximum absolute atomic E-state index is 11.5. The van der Waals surface area contributed by atoms with E-state index in [9.17, 15) is 14.7 Å². The highest BCUT2D eigenvalue weighted by Crippen LogP contribution is 2.19. The Morgan fingerprint density at radius 2 is 1.86 bits per heavy atom. The quantitative estimate of drug-likeness (QED) is 0.769. The van der Waals surface area contributed by atoms with Crippen LogP contribution in [0, 0.1) is 0 Å². The number of hydrogen-bond acceptors (Lipinski definition) is 4. The van der Waals surface area contributed by atoms with Gasteiger partial charge in [-0.05, 0) is 38.2 Å². The first-order valence-electron chi connectivity index (χ1n) is 7.91. The van der Waals surface area contributed by atoms with Gasteiger partial charge >= 0.3 is 0 Å². The summed E-state index contributed by atoms with van der Waals surface area (Å²) in [6, 6.07) is 4.19. The lowest BCUT2D eigenvalue weighted by atomic mass is 10.1. The minimum absolute atomic E-state index is 0.0790. The predicted molar refractivity (Wildman–Crippen MR) is 81.0 cm³/mol. The normalized spacial score (nSPS) is 15.8. The average molecular weight is 305 g/mol. The van der Waals surface area contributed by atoms with Gasteiger partial charge in [0.1, 0.15) is 6.20 Å². The molecular formula is C16H23N3O3. The number of carbonyl (C=O) groups is 2. The van der Waals surface area contributed by atoms with Gasteiger partial charge in [0.25, 0.3) is 5.82 Å². The van der Waals surface area contributed by atoms with Crippen molar-refractivity contribution in [2.75, 3.05) is 10.6 Å². The van der Waals surface area contributed by atoms with Gasteiger partial charge in [0.15, 0.2) is 0 Å². The molecule has 1 aliphatic carbocycles. The fraction of sp³-hybridized carbons (Fsp3) is 0.562.